The molecule has 0 unspecified atom stereocenters. The number of rotatable bonds is 3. The van der Waals surface area contributed by atoms with Crippen molar-refractivity contribution < 1.29 is 0 Å². The number of hydrogen-bond acceptors (Lipinski definition) is 3. The van der Waals surface area contributed by atoms with Crippen molar-refractivity contribution in [1.29, 1.82) is 5.26 Å². The topological polar surface area (TPSA) is 36.1 Å². The maximum atomic E-state index is 9.51. The zero-order valence-electron chi connectivity index (χ0n) is 12.2. The van der Waals surface area contributed by atoms with Gasteiger partial charge in [0.05, 0.1) is 5.56 Å². The average Bonchev–Trinajstić information content (AvgIpc) is 2.90. The number of aliphatic imine (C=N–C) groups is 1. The Morgan fingerprint density at radius 3 is 2.71 bits per heavy atom. The summed E-state index contributed by atoms with van der Waals surface area (Å²) >= 11 is 1.71. The Balaban J connectivity index is 2.06. The minimum absolute atomic E-state index is 0.816. The van der Waals surface area contributed by atoms with Crippen molar-refractivity contribution in [2.45, 2.75) is 39.0 Å². The molecule has 21 heavy (non-hydrogen) atoms. The second kappa shape index (κ2) is 6.24. The van der Waals surface area contributed by atoms with E-state index >= 15 is 0 Å². The van der Waals surface area contributed by atoms with E-state index in [4.69, 9.17) is 4.99 Å². The van der Waals surface area contributed by atoms with Gasteiger partial charge in [0.1, 0.15) is 11.1 Å². The zero-order valence-corrected chi connectivity index (χ0v) is 13.0. The molecule has 1 aromatic heterocycles. The summed E-state index contributed by atoms with van der Waals surface area (Å²) in [5, 5.41) is 10.4. The van der Waals surface area contributed by atoms with Crippen LogP contribution in [-0.2, 0) is 12.8 Å². The molecule has 1 heterocycles. The van der Waals surface area contributed by atoms with Crippen LogP contribution in [0.15, 0.2) is 35.3 Å². The molecule has 0 bridgehead atoms. The fourth-order valence-corrected chi connectivity index (χ4v) is 4.08. The van der Waals surface area contributed by atoms with Gasteiger partial charge in [-0.2, -0.15) is 5.26 Å². The SMILES string of the molecule is CCC(=Nc1sc2c(c1C#N)CCCC2)c1ccccc1. The molecule has 1 aliphatic rings. The van der Waals surface area contributed by atoms with Gasteiger partial charge in [0.25, 0.3) is 0 Å². The van der Waals surface area contributed by atoms with Crippen LogP contribution in [0.25, 0.3) is 0 Å². The molecular formula is C18H18N2S. The number of fused-ring (bicyclic) bond motifs is 1. The molecule has 0 fully saturated rings. The molecule has 0 amide bonds. The third-order valence-corrected chi connectivity index (χ3v) is 5.13. The first-order chi connectivity index (χ1) is 10.3. The quantitative estimate of drug-likeness (QED) is 0.731. The molecule has 1 aromatic carbocycles. The maximum Gasteiger partial charge on any atom is 0.134 e. The molecule has 3 rings (SSSR count). The van der Waals surface area contributed by atoms with Crippen molar-refractivity contribution in [3.63, 3.8) is 0 Å². The minimum Gasteiger partial charge on any atom is -0.241 e. The highest BCUT2D eigenvalue weighted by molar-refractivity contribution is 7.16. The standard InChI is InChI=1S/C18H18N2S/c1-2-16(13-8-4-3-5-9-13)20-18-15(12-19)14-10-6-7-11-17(14)21-18/h3-5,8-9H,2,6-7,10-11H2,1H3. The predicted octanol–water partition coefficient (Wildman–Crippen LogP) is 5.03. The van der Waals surface area contributed by atoms with E-state index in [-0.39, 0.29) is 0 Å². The predicted molar refractivity (Wildman–Crippen MR) is 88.6 cm³/mol. The summed E-state index contributed by atoms with van der Waals surface area (Å²) in [7, 11) is 0. The molecule has 0 spiro atoms. The molecule has 0 radical (unpaired) electrons. The highest BCUT2D eigenvalue weighted by atomic mass is 32.1. The molecule has 3 heteroatoms. The molecule has 0 saturated heterocycles. The number of hydrogen-bond donors (Lipinski definition) is 0. The van der Waals surface area contributed by atoms with Gasteiger partial charge >= 0.3 is 0 Å². The fraction of sp³-hybridized carbons (Fsp3) is 0.333. The van der Waals surface area contributed by atoms with Crippen molar-refractivity contribution in [3.05, 3.63) is 51.9 Å². The summed E-state index contributed by atoms with van der Waals surface area (Å²) in [6.07, 6.45) is 5.45. The van der Waals surface area contributed by atoms with Crippen LogP contribution in [0.3, 0.4) is 0 Å². The summed E-state index contributed by atoms with van der Waals surface area (Å²) < 4.78 is 0. The molecule has 0 N–H and O–H groups in total. The molecule has 2 nitrogen and oxygen atoms in total. The Morgan fingerprint density at radius 1 is 1.24 bits per heavy atom. The first-order valence-electron chi connectivity index (χ1n) is 7.51. The summed E-state index contributed by atoms with van der Waals surface area (Å²) in [4.78, 5) is 6.21. The van der Waals surface area contributed by atoms with Gasteiger partial charge in [0, 0.05) is 10.6 Å². The van der Waals surface area contributed by atoms with Crippen LogP contribution in [0.2, 0.25) is 0 Å². The Morgan fingerprint density at radius 2 is 2.00 bits per heavy atom. The Hall–Kier alpha value is -1.92. The molecular weight excluding hydrogens is 276 g/mol. The Bertz CT molecular complexity index is 705. The van der Waals surface area contributed by atoms with E-state index in [9.17, 15) is 5.26 Å². The first kappa shape index (κ1) is 14.0. The highest BCUT2D eigenvalue weighted by Gasteiger charge is 2.20. The lowest BCUT2D eigenvalue weighted by atomic mass is 9.96. The van der Waals surface area contributed by atoms with E-state index < -0.39 is 0 Å². The van der Waals surface area contributed by atoms with Crippen LogP contribution in [-0.4, -0.2) is 5.71 Å². The second-order valence-corrected chi connectivity index (χ2v) is 6.36. The Kier molecular flexibility index (Phi) is 4.17. The van der Waals surface area contributed by atoms with Crippen LogP contribution in [0.1, 0.15) is 47.8 Å². The summed E-state index contributed by atoms with van der Waals surface area (Å²) in [6, 6.07) is 12.6. The van der Waals surface area contributed by atoms with Crippen LogP contribution in [0, 0.1) is 11.3 Å². The zero-order chi connectivity index (χ0) is 14.7. The number of benzene rings is 1. The van der Waals surface area contributed by atoms with E-state index in [1.54, 1.807) is 11.3 Å². The van der Waals surface area contributed by atoms with Crippen LogP contribution < -0.4 is 0 Å². The average molecular weight is 294 g/mol. The van der Waals surface area contributed by atoms with Gasteiger partial charge < -0.3 is 0 Å². The largest absolute Gasteiger partial charge is 0.241 e. The van der Waals surface area contributed by atoms with E-state index in [1.165, 1.54) is 23.3 Å². The Labute approximate surface area is 129 Å². The van der Waals surface area contributed by atoms with Gasteiger partial charge in [0.2, 0.25) is 0 Å². The van der Waals surface area contributed by atoms with E-state index in [0.29, 0.717) is 0 Å². The van der Waals surface area contributed by atoms with Crippen molar-refractivity contribution in [1.82, 2.24) is 0 Å². The molecule has 0 aliphatic heterocycles. The van der Waals surface area contributed by atoms with Gasteiger partial charge in [-0.1, -0.05) is 37.3 Å². The van der Waals surface area contributed by atoms with Crippen molar-refractivity contribution >= 4 is 22.0 Å². The lowest BCUT2D eigenvalue weighted by Gasteiger charge is -2.09. The summed E-state index contributed by atoms with van der Waals surface area (Å²) in [5.74, 6) is 0. The van der Waals surface area contributed by atoms with Crippen molar-refractivity contribution in [2.24, 2.45) is 4.99 Å². The molecule has 0 saturated carbocycles. The van der Waals surface area contributed by atoms with Gasteiger partial charge in [-0.25, -0.2) is 4.99 Å². The summed E-state index contributed by atoms with van der Waals surface area (Å²) in [6.45, 7) is 2.12. The monoisotopic (exact) mass is 294 g/mol. The minimum atomic E-state index is 0.816. The van der Waals surface area contributed by atoms with E-state index in [1.807, 2.05) is 18.2 Å². The summed E-state index contributed by atoms with van der Waals surface area (Å²) in [5.41, 5.74) is 4.29. The normalized spacial score (nSPS) is 14.6. The molecule has 106 valence electrons. The third kappa shape index (κ3) is 2.77. The van der Waals surface area contributed by atoms with Gasteiger partial charge in [-0.3, -0.25) is 0 Å². The fourth-order valence-electron chi connectivity index (χ4n) is 2.85. The number of aryl methyl sites for hydroxylation is 1. The smallest absolute Gasteiger partial charge is 0.134 e. The molecule has 2 aromatic rings. The highest BCUT2D eigenvalue weighted by Crippen LogP contribution is 2.39. The van der Waals surface area contributed by atoms with Crippen LogP contribution in [0.4, 0.5) is 5.00 Å². The number of nitriles is 1. The van der Waals surface area contributed by atoms with E-state index in [0.717, 1.165) is 41.1 Å². The van der Waals surface area contributed by atoms with Gasteiger partial charge in [-0.15, -0.1) is 11.3 Å². The lowest BCUT2D eigenvalue weighted by molar-refractivity contribution is 0.696. The van der Waals surface area contributed by atoms with E-state index in [2.05, 4.69) is 25.1 Å². The first-order valence-corrected chi connectivity index (χ1v) is 8.32. The van der Waals surface area contributed by atoms with Crippen molar-refractivity contribution in [3.8, 4) is 6.07 Å². The third-order valence-electron chi connectivity index (χ3n) is 3.94. The lowest BCUT2D eigenvalue weighted by Crippen LogP contribution is -1.99. The molecule has 1 aliphatic carbocycles. The van der Waals surface area contributed by atoms with Gasteiger partial charge in [0.15, 0.2) is 0 Å². The number of nitrogens with zero attached hydrogens (tertiary/aromatic N) is 2. The van der Waals surface area contributed by atoms with Crippen LogP contribution >= 0.6 is 11.3 Å². The van der Waals surface area contributed by atoms with Crippen molar-refractivity contribution in [2.75, 3.05) is 0 Å². The maximum absolute atomic E-state index is 9.51. The van der Waals surface area contributed by atoms with Crippen LogP contribution in [0.5, 0.6) is 0 Å². The van der Waals surface area contributed by atoms with Gasteiger partial charge in [-0.05, 0) is 43.2 Å². The number of thiophene rings is 1. The molecule has 0 atom stereocenters. The second-order valence-electron chi connectivity index (χ2n) is 5.28.